The lowest BCUT2D eigenvalue weighted by Crippen LogP contribution is -2.44. The van der Waals surface area contributed by atoms with Crippen LogP contribution in [0.5, 0.6) is 0 Å². The van der Waals surface area contributed by atoms with Crippen LogP contribution >= 0.6 is 0 Å². The second-order valence-electron chi connectivity index (χ2n) is 8.39. The molecular formula is C25H28N4O6. The zero-order valence-corrected chi connectivity index (χ0v) is 19.6. The molecule has 0 fully saturated rings. The van der Waals surface area contributed by atoms with Gasteiger partial charge in [-0.2, -0.15) is 0 Å². The number of nitrogens with one attached hydrogen (secondary N) is 1. The molecule has 4 N–H and O–H groups in total. The lowest BCUT2D eigenvalue weighted by molar-refractivity contribution is -0.121. The number of rotatable bonds is 9. The maximum absolute atomic E-state index is 13.1. The van der Waals surface area contributed by atoms with E-state index in [0.29, 0.717) is 5.56 Å². The number of aliphatic hydroxyl groups is 1. The third kappa shape index (κ3) is 6.24. The van der Waals surface area contributed by atoms with Gasteiger partial charge in [0, 0.05) is 6.54 Å². The van der Waals surface area contributed by atoms with Gasteiger partial charge in [0.25, 0.3) is 11.5 Å². The molecule has 0 unspecified atom stereocenters. The van der Waals surface area contributed by atoms with E-state index in [4.69, 9.17) is 15.6 Å². The minimum Gasteiger partial charge on any atom is -0.452 e. The summed E-state index contributed by atoms with van der Waals surface area (Å²) in [6.45, 7) is 3.10. The highest BCUT2D eigenvalue weighted by Crippen LogP contribution is 2.20. The highest BCUT2D eigenvalue weighted by Gasteiger charge is 2.26. The number of nitrogen functional groups attached to an aromatic ring is 1. The van der Waals surface area contributed by atoms with Crippen LogP contribution in [-0.4, -0.2) is 39.7 Å². The predicted molar refractivity (Wildman–Crippen MR) is 131 cm³/mol. The number of anilines is 2. The van der Waals surface area contributed by atoms with Gasteiger partial charge in [-0.15, -0.1) is 0 Å². The Morgan fingerprint density at radius 3 is 2.31 bits per heavy atom. The molecule has 0 radical (unpaired) electrons. The van der Waals surface area contributed by atoms with Gasteiger partial charge in [-0.3, -0.25) is 19.1 Å². The van der Waals surface area contributed by atoms with E-state index in [1.54, 1.807) is 24.3 Å². The van der Waals surface area contributed by atoms with Gasteiger partial charge < -0.3 is 20.5 Å². The van der Waals surface area contributed by atoms with Crippen molar-refractivity contribution in [1.82, 2.24) is 9.55 Å². The van der Waals surface area contributed by atoms with Crippen molar-refractivity contribution >= 4 is 23.4 Å². The zero-order valence-electron chi connectivity index (χ0n) is 19.6. The molecule has 1 heterocycles. The molecule has 184 valence electrons. The third-order valence-corrected chi connectivity index (χ3v) is 5.22. The van der Waals surface area contributed by atoms with E-state index < -0.39 is 29.7 Å². The number of aromatic nitrogens is 2. The Balaban J connectivity index is 1.88. The molecule has 0 bridgehead atoms. The number of hydrogen-bond acceptors (Lipinski definition) is 7. The van der Waals surface area contributed by atoms with Gasteiger partial charge in [-0.1, -0.05) is 56.3 Å². The Kier molecular flexibility index (Phi) is 8.21. The number of carbonyl (C=O) groups excluding carboxylic acids is 2. The number of nitrogens with zero attached hydrogens (tertiary/aromatic N) is 2. The smallest absolute Gasteiger partial charge is 0.338 e. The summed E-state index contributed by atoms with van der Waals surface area (Å²) in [5, 5.41) is 9.12. The van der Waals surface area contributed by atoms with Gasteiger partial charge in [0.1, 0.15) is 5.82 Å². The Labute approximate surface area is 201 Å². The van der Waals surface area contributed by atoms with Crippen LogP contribution in [0.3, 0.4) is 0 Å². The topological polar surface area (TPSA) is 148 Å². The van der Waals surface area contributed by atoms with Crippen molar-refractivity contribution < 1.29 is 19.4 Å². The maximum atomic E-state index is 13.1. The lowest BCUT2D eigenvalue weighted by Gasteiger charge is -2.26. The van der Waals surface area contributed by atoms with Crippen LogP contribution < -0.4 is 21.9 Å². The van der Waals surface area contributed by atoms with Crippen molar-refractivity contribution in [3.05, 3.63) is 92.1 Å². The largest absolute Gasteiger partial charge is 0.452 e. The van der Waals surface area contributed by atoms with Crippen molar-refractivity contribution in [3.63, 3.8) is 0 Å². The molecule has 0 saturated heterocycles. The number of ether oxygens (including phenoxy) is 1. The molecule has 0 saturated carbocycles. The van der Waals surface area contributed by atoms with Crippen LogP contribution in [0.15, 0.2) is 64.2 Å². The lowest BCUT2D eigenvalue weighted by atomic mass is 10.1. The zero-order chi connectivity index (χ0) is 25.5. The Morgan fingerprint density at radius 2 is 1.71 bits per heavy atom. The van der Waals surface area contributed by atoms with Crippen LogP contribution in [0.1, 0.15) is 35.3 Å². The maximum Gasteiger partial charge on any atom is 0.338 e. The van der Waals surface area contributed by atoms with Crippen LogP contribution in [0.25, 0.3) is 0 Å². The minimum atomic E-state index is -0.809. The molecule has 35 heavy (non-hydrogen) atoms. The summed E-state index contributed by atoms with van der Waals surface area (Å²) in [6, 6.07) is 15.2. The second kappa shape index (κ2) is 11.3. The molecule has 2 aromatic carbocycles. The molecule has 10 nitrogen and oxygen atoms in total. The van der Waals surface area contributed by atoms with Gasteiger partial charge in [-0.25, -0.2) is 9.59 Å². The normalized spacial score (nSPS) is 10.9. The van der Waals surface area contributed by atoms with Crippen LogP contribution in [0, 0.1) is 5.92 Å². The van der Waals surface area contributed by atoms with Crippen molar-refractivity contribution in [2.75, 3.05) is 23.8 Å². The first-order valence-electron chi connectivity index (χ1n) is 11.0. The SMILES string of the molecule is CC(C)CN(C(=O)COC(=O)c1ccc(CO)cc1)c1c(N)n(Cc2ccccc2)c(=O)[nH]c1=O. The standard InChI is InChI=1S/C25H28N4O6/c1-16(2)12-28(20(31)15-35-24(33)19-10-8-18(14-30)9-11-19)21-22(26)29(25(34)27-23(21)32)13-17-6-4-3-5-7-17/h3-11,16,30H,12-15,26H2,1-2H3,(H,27,32,34). The highest BCUT2D eigenvalue weighted by atomic mass is 16.5. The summed E-state index contributed by atoms with van der Waals surface area (Å²) in [6.07, 6.45) is 0. The molecule has 10 heteroatoms. The van der Waals surface area contributed by atoms with Crippen LogP contribution in [-0.2, 0) is 22.7 Å². The predicted octanol–water partition coefficient (Wildman–Crippen LogP) is 1.51. The quantitative estimate of drug-likeness (QED) is 0.393. The first kappa shape index (κ1) is 25.4. The monoisotopic (exact) mass is 480 g/mol. The number of amides is 1. The van der Waals surface area contributed by atoms with E-state index in [0.717, 1.165) is 10.5 Å². The molecule has 0 aliphatic rings. The van der Waals surface area contributed by atoms with Crippen LogP contribution in [0.4, 0.5) is 11.5 Å². The van der Waals surface area contributed by atoms with Gasteiger partial charge in [-0.05, 0) is 29.2 Å². The number of H-pyrrole nitrogens is 1. The Hall–Kier alpha value is -4.18. The van der Waals surface area contributed by atoms with E-state index >= 15 is 0 Å². The van der Waals surface area contributed by atoms with Crippen molar-refractivity contribution in [1.29, 1.82) is 0 Å². The molecule has 3 rings (SSSR count). The van der Waals surface area contributed by atoms with Crippen molar-refractivity contribution in [3.8, 4) is 0 Å². The first-order valence-corrected chi connectivity index (χ1v) is 11.0. The number of benzene rings is 2. The molecule has 1 amide bonds. The number of carbonyl (C=O) groups is 2. The van der Waals surface area contributed by atoms with Crippen LogP contribution in [0.2, 0.25) is 0 Å². The van der Waals surface area contributed by atoms with Gasteiger partial charge in [0.2, 0.25) is 0 Å². The average Bonchev–Trinajstić information content (AvgIpc) is 2.84. The molecule has 0 spiro atoms. The summed E-state index contributed by atoms with van der Waals surface area (Å²) in [7, 11) is 0. The number of aromatic amines is 1. The molecule has 3 aromatic rings. The van der Waals surface area contributed by atoms with Crippen molar-refractivity contribution in [2.45, 2.75) is 27.0 Å². The Morgan fingerprint density at radius 1 is 1.06 bits per heavy atom. The fourth-order valence-corrected chi connectivity index (χ4v) is 3.48. The number of esters is 1. The van der Waals surface area contributed by atoms with E-state index in [2.05, 4.69) is 4.98 Å². The summed E-state index contributed by atoms with van der Waals surface area (Å²) >= 11 is 0. The number of nitrogens with two attached hydrogens (primary N) is 1. The van der Waals surface area contributed by atoms with E-state index in [9.17, 15) is 19.2 Å². The second-order valence-corrected chi connectivity index (χ2v) is 8.39. The minimum absolute atomic E-state index is 0.0611. The average molecular weight is 481 g/mol. The molecular weight excluding hydrogens is 452 g/mol. The first-order chi connectivity index (χ1) is 16.7. The summed E-state index contributed by atoms with van der Waals surface area (Å²) in [5.41, 5.74) is 6.17. The third-order valence-electron chi connectivity index (χ3n) is 5.22. The molecule has 0 aliphatic carbocycles. The fraction of sp³-hybridized carbons (Fsp3) is 0.280. The summed E-state index contributed by atoms with van der Waals surface area (Å²) in [4.78, 5) is 54.1. The summed E-state index contributed by atoms with van der Waals surface area (Å²) in [5.74, 6) is -1.62. The van der Waals surface area contributed by atoms with Gasteiger partial charge in [0.05, 0.1) is 18.7 Å². The van der Waals surface area contributed by atoms with E-state index in [1.807, 2.05) is 32.0 Å². The van der Waals surface area contributed by atoms with Crippen molar-refractivity contribution in [2.24, 2.45) is 5.92 Å². The van der Waals surface area contributed by atoms with Gasteiger partial charge in [0.15, 0.2) is 12.3 Å². The summed E-state index contributed by atoms with van der Waals surface area (Å²) < 4.78 is 6.34. The van der Waals surface area contributed by atoms with Gasteiger partial charge >= 0.3 is 11.7 Å². The number of hydrogen-bond donors (Lipinski definition) is 3. The van der Waals surface area contributed by atoms with E-state index in [-0.39, 0.29) is 42.7 Å². The molecule has 0 atom stereocenters. The Bertz CT molecular complexity index is 1300. The highest BCUT2D eigenvalue weighted by molar-refractivity contribution is 5.98. The molecule has 1 aromatic heterocycles. The van der Waals surface area contributed by atoms with E-state index in [1.165, 1.54) is 16.7 Å². The number of aliphatic hydroxyl groups excluding tert-OH is 1. The molecule has 0 aliphatic heterocycles. The fourth-order valence-electron chi connectivity index (χ4n) is 3.48.